The first kappa shape index (κ1) is 23.0. The number of amides is 1. The van der Waals surface area contributed by atoms with Crippen LogP contribution in [0.4, 0.5) is 0 Å². The minimum absolute atomic E-state index is 0.0478. The van der Waals surface area contributed by atoms with Crippen LogP contribution >= 0.6 is 0 Å². The third kappa shape index (κ3) is 7.23. The van der Waals surface area contributed by atoms with Crippen LogP contribution in [-0.2, 0) is 11.3 Å². The number of aliphatic hydroxyl groups is 1. The molecule has 1 atom stereocenters. The maximum atomic E-state index is 11.2. The van der Waals surface area contributed by atoms with Gasteiger partial charge in [0.05, 0.1) is 5.60 Å². The molecule has 0 saturated carbocycles. The highest BCUT2D eigenvalue weighted by Gasteiger charge is 2.38. The lowest BCUT2D eigenvalue weighted by molar-refractivity contribution is -0.120. The molecular formula is C23H38N4O3. The average molecular weight is 419 g/mol. The highest BCUT2D eigenvalue weighted by Crippen LogP contribution is 2.26. The van der Waals surface area contributed by atoms with Gasteiger partial charge in [-0.1, -0.05) is 12.1 Å². The van der Waals surface area contributed by atoms with Gasteiger partial charge in [-0.05, 0) is 51.1 Å². The second-order valence-corrected chi connectivity index (χ2v) is 9.23. The quantitative estimate of drug-likeness (QED) is 0.627. The van der Waals surface area contributed by atoms with Gasteiger partial charge in [0.25, 0.3) is 0 Å². The SMILES string of the molecule is CC(=O)NC1CCN(C[C@@]2(O)CCN(Cc3ccc(OCCN(C)C)cc3)C2)CC1. The molecule has 0 aliphatic carbocycles. The predicted molar refractivity (Wildman–Crippen MR) is 119 cm³/mol. The molecule has 2 fully saturated rings. The zero-order valence-corrected chi connectivity index (χ0v) is 18.8. The van der Waals surface area contributed by atoms with E-state index in [0.717, 1.165) is 64.3 Å². The summed E-state index contributed by atoms with van der Waals surface area (Å²) in [5, 5.41) is 14.1. The van der Waals surface area contributed by atoms with Gasteiger partial charge >= 0.3 is 0 Å². The van der Waals surface area contributed by atoms with Crippen molar-refractivity contribution in [3.8, 4) is 5.75 Å². The van der Waals surface area contributed by atoms with Crippen molar-refractivity contribution < 1.29 is 14.6 Å². The van der Waals surface area contributed by atoms with Crippen LogP contribution in [-0.4, -0.2) is 97.3 Å². The van der Waals surface area contributed by atoms with Crippen LogP contribution in [0, 0.1) is 0 Å². The maximum absolute atomic E-state index is 11.2. The summed E-state index contributed by atoms with van der Waals surface area (Å²) in [6.07, 6.45) is 2.73. The standard InChI is InChI=1S/C23H38N4O3/c1-19(28)24-21-8-11-26(12-9-21)17-23(29)10-13-27(18-23)16-20-4-6-22(7-5-20)30-15-14-25(2)3/h4-7,21,29H,8-18H2,1-3H3,(H,24,28)/t23-/m0/s1. The van der Waals surface area contributed by atoms with E-state index in [0.29, 0.717) is 13.2 Å². The van der Waals surface area contributed by atoms with Crippen molar-refractivity contribution >= 4 is 5.91 Å². The Labute approximate surface area is 181 Å². The van der Waals surface area contributed by atoms with Gasteiger partial charge in [0.2, 0.25) is 5.91 Å². The Morgan fingerprint density at radius 2 is 1.90 bits per heavy atom. The second-order valence-electron chi connectivity index (χ2n) is 9.23. The van der Waals surface area contributed by atoms with Crippen molar-refractivity contribution in [3.05, 3.63) is 29.8 Å². The topological polar surface area (TPSA) is 68.3 Å². The smallest absolute Gasteiger partial charge is 0.217 e. The van der Waals surface area contributed by atoms with Crippen LogP contribution in [0.1, 0.15) is 31.7 Å². The third-order valence-electron chi connectivity index (χ3n) is 6.06. The van der Waals surface area contributed by atoms with Crippen molar-refractivity contribution in [2.24, 2.45) is 0 Å². The summed E-state index contributed by atoms with van der Waals surface area (Å²) in [7, 11) is 4.08. The number of rotatable bonds is 9. The minimum Gasteiger partial charge on any atom is -0.492 e. The van der Waals surface area contributed by atoms with Crippen molar-refractivity contribution in [2.75, 3.05) is 60.0 Å². The molecule has 7 heteroatoms. The summed E-state index contributed by atoms with van der Waals surface area (Å²) in [6, 6.07) is 8.59. The molecule has 2 saturated heterocycles. The summed E-state index contributed by atoms with van der Waals surface area (Å²) in [6.45, 7) is 8.23. The average Bonchev–Trinajstić information content (AvgIpc) is 3.04. The van der Waals surface area contributed by atoms with E-state index in [1.165, 1.54) is 5.56 Å². The Hall–Kier alpha value is -1.67. The zero-order valence-electron chi connectivity index (χ0n) is 18.8. The molecule has 2 aliphatic rings. The van der Waals surface area contributed by atoms with Crippen LogP contribution in [0.25, 0.3) is 0 Å². The highest BCUT2D eigenvalue weighted by molar-refractivity contribution is 5.73. The number of β-amino-alcohol motifs (C(OH)–C–C–N with tert-alkyl or cyclic N) is 1. The molecule has 2 aliphatic heterocycles. The first-order valence-corrected chi connectivity index (χ1v) is 11.1. The zero-order chi connectivity index (χ0) is 21.6. The number of benzene rings is 1. The summed E-state index contributed by atoms with van der Waals surface area (Å²) in [5.74, 6) is 0.952. The molecule has 0 aromatic heterocycles. The lowest BCUT2D eigenvalue weighted by atomic mass is 9.99. The summed E-state index contributed by atoms with van der Waals surface area (Å²) < 4.78 is 5.76. The Kier molecular flexibility index (Phi) is 8.11. The molecule has 7 nitrogen and oxygen atoms in total. The van der Waals surface area contributed by atoms with E-state index in [9.17, 15) is 9.90 Å². The van der Waals surface area contributed by atoms with Crippen LogP contribution in [0.3, 0.4) is 0 Å². The highest BCUT2D eigenvalue weighted by atomic mass is 16.5. The van der Waals surface area contributed by atoms with Gasteiger partial charge in [-0.2, -0.15) is 0 Å². The fraction of sp³-hybridized carbons (Fsp3) is 0.696. The minimum atomic E-state index is -0.643. The Morgan fingerprint density at radius 1 is 1.20 bits per heavy atom. The Bertz CT molecular complexity index is 674. The number of likely N-dealkylation sites (tertiary alicyclic amines) is 2. The van der Waals surface area contributed by atoms with Crippen LogP contribution in [0.5, 0.6) is 5.75 Å². The van der Waals surface area contributed by atoms with E-state index >= 15 is 0 Å². The van der Waals surface area contributed by atoms with E-state index in [2.05, 4.69) is 32.1 Å². The van der Waals surface area contributed by atoms with E-state index in [4.69, 9.17) is 4.74 Å². The third-order valence-corrected chi connectivity index (χ3v) is 6.06. The molecular weight excluding hydrogens is 380 g/mol. The normalized spacial score (nSPS) is 23.8. The number of nitrogens with zero attached hydrogens (tertiary/aromatic N) is 3. The van der Waals surface area contributed by atoms with Crippen LogP contribution < -0.4 is 10.1 Å². The molecule has 0 radical (unpaired) electrons. The molecule has 1 aromatic rings. The number of carbonyl (C=O) groups is 1. The fourth-order valence-electron chi connectivity index (χ4n) is 4.44. The summed E-state index contributed by atoms with van der Waals surface area (Å²) in [4.78, 5) is 18.0. The van der Waals surface area contributed by atoms with Gasteiger partial charge in [-0.15, -0.1) is 0 Å². The van der Waals surface area contributed by atoms with E-state index in [1.54, 1.807) is 6.92 Å². The molecule has 1 amide bonds. The number of hydrogen-bond acceptors (Lipinski definition) is 6. The molecule has 2 N–H and O–H groups in total. The number of ether oxygens (including phenoxy) is 1. The van der Waals surface area contributed by atoms with Gasteiger partial charge in [0.15, 0.2) is 0 Å². The van der Waals surface area contributed by atoms with Gasteiger partial charge < -0.3 is 25.0 Å². The first-order chi connectivity index (χ1) is 14.3. The Balaban J connectivity index is 1.41. The lowest BCUT2D eigenvalue weighted by Crippen LogP contribution is -2.50. The molecule has 0 spiro atoms. The number of nitrogens with one attached hydrogen (secondary N) is 1. The number of likely N-dealkylation sites (N-methyl/N-ethyl adjacent to an activating group) is 1. The number of carbonyl (C=O) groups excluding carboxylic acids is 1. The van der Waals surface area contributed by atoms with Crippen LogP contribution in [0.15, 0.2) is 24.3 Å². The van der Waals surface area contributed by atoms with E-state index < -0.39 is 5.60 Å². The van der Waals surface area contributed by atoms with E-state index in [-0.39, 0.29) is 11.9 Å². The van der Waals surface area contributed by atoms with Gasteiger partial charge in [0.1, 0.15) is 12.4 Å². The summed E-state index contributed by atoms with van der Waals surface area (Å²) in [5.41, 5.74) is 0.603. The lowest BCUT2D eigenvalue weighted by Gasteiger charge is -2.36. The number of piperidine rings is 1. The van der Waals surface area contributed by atoms with Crippen molar-refractivity contribution in [3.63, 3.8) is 0 Å². The van der Waals surface area contributed by atoms with E-state index in [1.807, 2.05) is 26.2 Å². The molecule has 2 heterocycles. The van der Waals surface area contributed by atoms with Gasteiger partial charge in [-0.25, -0.2) is 0 Å². The first-order valence-electron chi connectivity index (χ1n) is 11.1. The largest absolute Gasteiger partial charge is 0.492 e. The molecule has 30 heavy (non-hydrogen) atoms. The fourth-order valence-corrected chi connectivity index (χ4v) is 4.44. The Morgan fingerprint density at radius 3 is 2.53 bits per heavy atom. The molecule has 3 rings (SSSR count). The molecule has 0 unspecified atom stereocenters. The molecule has 168 valence electrons. The predicted octanol–water partition coefficient (Wildman–Crippen LogP) is 1.16. The van der Waals surface area contributed by atoms with Crippen molar-refractivity contribution in [1.82, 2.24) is 20.0 Å². The van der Waals surface area contributed by atoms with Crippen molar-refractivity contribution in [1.29, 1.82) is 0 Å². The van der Waals surface area contributed by atoms with Gasteiger partial charge in [0, 0.05) is 58.8 Å². The van der Waals surface area contributed by atoms with Crippen molar-refractivity contribution in [2.45, 2.75) is 44.4 Å². The second kappa shape index (κ2) is 10.6. The molecule has 1 aromatic carbocycles. The van der Waals surface area contributed by atoms with Gasteiger partial charge in [-0.3, -0.25) is 9.69 Å². The molecule has 0 bridgehead atoms. The number of hydrogen-bond donors (Lipinski definition) is 2. The monoisotopic (exact) mass is 418 g/mol. The summed E-state index contributed by atoms with van der Waals surface area (Å²) >= 11 is 0. The van der Waals surface area contributed by atoms with Crippen LogP contribution in [0.2, 0.25) is 0 Å². The maximum Gasteiger partial charge on any atom is 0.217 e.